The largest absolute Gasteiger partial charge is 0.508 e. The molecule has 0 aliphatic rings. The van der Waals surface area contributed by atoms with Crippen molar-refractivity contribution in [2.45, 2.75) is 26.7 Å². The predicted molar refractivity (Wildman–Crippen MR) is 76.7 cm³/mol. The number of benzene rings is 2. The summed E-state index contributed by atoms with van der Waals surface area (Å²) in [5.74, 6) is 1.05. The Labute approximate surface area is 109 Å². The van der Waals surface area contributed by atoms with E-state index in [2.05, 4.69) is 38.1 Å². The molecule has 1 atom stereocenters. The zero-order valence-corrected chi connectivity index (χ0v) is 11.1. The molecule has 2 aromatic rings. The van der Waals surface area contributed by atoms with Crippen LogP contribution in [0, 0.1) is 5.92 Å². The molecule has 0 amide bonds. The van der Waals surface area contributed by atoms with E-state index >= 15 is 0 Å². The van der Waals surface area contributed by atoms with Gasteiger partial charge in [0.15, 0.2) is 0 Å². The summed E-state index contributed by atoms with van der Waals surface area (Å²) in [5, 5.41) is 9.27. The Kier molecular flexibility index (Phi) is 4.03. The summed E-state index contributed by atoms with van der Waals surface area (Å²) in [7, 11) is 0. The predicted octanol–water partition coefficient (Wildman–Crippen LogP) is 4.65. The van der Waals surface area contributed by atoms with Crippen molar-refractivity contribution in [3.05, 3.63) is 54.1 Å². The fourth-order valence-corrected chi connectivity index (χ4v) is 2.03. The van der Waals surface area contributed by atoms with Crippen LogP contribution >= 0.6 is 0 Å². The molecule has 0 radical (unpaired) electrons. The number of rotatable bonds is 4. The normalized spacial score (nSPS) is 12.3. The first-order valence-corrected chi connectivity index (χ1v) is 6.57. The lowest BCUT2D eigenvalue weighted by molar-refractivity contribution is 0.475. The molecule has 0 fully saturated rings. The van der Waals surface area contributed by atoms with E-state index in [1.807, 2.05) is 12.1 Å². The van der Waals surface area contributed by atoms with E-state index < -0.39 is 0 Å². The van der Waals surface area contributed by atoms with Gasteiger partial charge in [0.2, 0.25) is 0 Å². The smallest absolute Gasteiger partial charge is 0.115 e. The molecular weight excluding hydrogens is 220 g/mol. The second-order valence-electron chi connectivity index (χ2n) is 4.96. The maximum Gasteiger partial charge on any atom is 0.115 e. The molecule has 0 saturated heterocycles. The first-order chi connectivity index (χ1) is 8.69. The van der Waals surface area contributed by atoms with Crippen molar-refractivity contribution >= 4 is 0 Å². The van der Waals surface area contributed by atoms with Gasteiger partial charge in [-0.15, -0.1) is 0 Å². The maximum atomic E-state index is 9.27. The average Bonchev–Trinajstić information content (AvgIpc) is 2.40. The van der Waals surface area contributed by atoms with Crippen LogP contribution < -0.4 is 0 Å². The maximum absolute atomic E-state index is 9.27. The molecule has 18 heavy (non-hydrogen) atoms. The van der Waals surface area contributed by atoms with E-state index in [4.69, 9.17) is 0 Å². The van der Waals surface area contributed by atoms with Crippen molar-refractivity contribution in [1.82, 2.24) is 0 Å². The highest BCUT2D eigenvalue weighted by atomic mass is 16.3. The Morgan fingerprint density at radius 3 is 1.89 bits per heavy atom. The molecule has 0 heterocycles. The van der Waals surface area contributed by atoms with Gasteiger partial charge >= 0.3 is 0 Å². The molecular formula is C17H20O. The molecule has 0 spiro atoms. The fourth-order valence-electron chi connectivity index (χ4n) is 2.03. The minimum Gasteiger partial charge on any atom is -0.508 e. The minimum atomic E-state index is 0.312. The zero-order chi connectivity index (χ0) is 13.0. The lowest BCUT2D eigenvalue weighted by atomic mass is 9.97. The molecule has 0 aliphatic heterocycles. The van der Waals surface area contributed by atoms with Crippen molar-refractivity contribution in [2.75, 3.05) is 0 Å². The van der Waals surface area contributed by atoms with Crippen molar-refractivity contribution in [1.29, 1.82) is 0 Å². The SMILES string of the molecule is CC[C@H](C)Cc1ccc(-c2ccc(O)cc2)cc1. The van der Waals surface area contributed by atoms with Gasteiger partial charge in [-0.1, -0.05) is 56.7 Å². The third kappa shape index (κ3) is 3.13. The van der Waals surface area contributed by atoms with Crippen LogP contribution in [-0.2, 0) is 6.42 Å². The van der Waals surface area contributed by atoms with Crippen LogP contribution in [0.3, 0.4) is 0 Å². The van der Waals surface area contributed by atoms with E-state index in [-0.39, 0.29) is 0 Å². The van der Waals surface area contributed by atoms with Gasteiger partial charge in [-0.2, -0.15) is 0 Å². The number of aromatic hydroxyl groups is 1. The summed E-state index contributed by atoms with van der Waals surface area (Å²) >= 11 is 0. The highest BCUT2D eigenvalue weighted by molar-refractivity contribution is 5.64. The lowest BCUT2D eigenvalue weighted by Gasteiger charge is -2.09. The van der Waals surface area contributed by atoms with E-state index in [1.54, 1.807) is 12.1 Å². The summed E-state index contributed by atoms with van der Waals surface area (Å²) in [4.78, 5) is 0. The molecule has 94 valence electrons. The third-order valence-electron chi connectivity index (χ3n) is 3.44. The molecule has 0 bridgehead atoms. The van der Waals surface area contributed by atoms with Gasteiger partial charge in [0.05, 0.1) is 0 Å². The minimum absolute atomic E-state index is 0.312. The first-order valence-electron chi connectivity index (χ1n) is 6.57. The van der Waals surface area contributed by atoms with Crippen LogP contribution in [0.5, 0.6) is 5.75 Å². The summed E-state index contributed by atoms with van der Waals surface area (Å²) < 4.78 is 0. The summed E-state index contributed by atoms with van der Waals surface area (Å²) in [6.07, 6.45) is 2.37. The Balaban J connectivity index is 2.14. The standard InChI is InChI=1S/C17H20O/c1-3-13(2)12-14-4-6-15(7-5-14)16-8-10-17(18)11-9-16/h4-11,13,18H,3,12H2,1-2H3/t13-/m0/s1. The summed E-state index contributed by atoms with van der Waals surface area (Å²) in [5.41, 5.74) is 3.73. The number of hydrogen-bond donors (Lipinski definition) is 1. The van der Waals surface area contributed by atoms with Crippen LogP contribution in [-0.4, -0.2) is 5.11 Å². The second-order valence-corrected chi connectivity index (χ2v) is 4.96. The highest BCUT2D eigenvalue weighted by Crippen LogP contribution is 2.23. The number of phenols is 1. The van der Waals surface area contributed by atoms with Crippen LogP contribution in [0.1, 0.15) is 25.8 Å². The van der Waals surface area contributed by atoms with Gasteiger partial charge in [-0.3, -0.25) is 0 Å². The van der Waals surface area contributed by atoms with Crippen LogP contribution in [0.15, 0.2) is 48.5 Å². The Hall–Kier alpha value is -1.76. The second kappa shape index (κ2) is 5.72. The van der Waals surface area contributed by atoms with Crippen molar-refractivity contribution < 1.29 is 5.11 Å². The average molecular weight is 240 g/mol. The van der Waals surface area contributed by atoms with E-state index in [0.717, 1.165) is 17.9 Å². The molecule has 1 N–H and O–H groups in total. The first kappa shape index (κ1) is 12.7. The number of phenolic OH excluding ortho intramolecular Hbond substituents is 1. The lowest BCUT2D eigenvalue weighted by Crippen LogP contribution is -1.97. The summed E-state index contributed by atoms with van der Waals surface area (Å²) in [6, 6.07) is 16.1. The van der Waals surface area contributed by atoms with Crippen LogP contribution in [0.25, 0.3) is 11.1 Å². The molecule has 0 saturated carbocycles. The Bertz CT molecular complexity index is 482. The van der Waals surface area contributed by atoms with Crippen LogP contribution in [0.4, 0.5) is 0 Å². The molecule has 0 aromatic heterocycles. The van der Waals surface area contributed by atoms with E-state index in [9.17, 15) is 5.11 Å². The van der Waals surface area contributed by atoms with Gasteiger partial charge in [0, 0.05) is 0 Å². The van der Waals surface area contributed by atoms with Crippen LogP contribution in [0.2, 0.25) is 0 Å². The molecule has 0 unspecified atom stereocenters. The van der Waals surface area contributed by atoms with E-state index in [1.165, 1.54) is 17.5 Å². The van der Waals surface area contributed by atoms with Crippen molar-refractivity contribution in [3.8, 4) is 16.9 Å². The van der Waals surface area contributed by atoms with Gasteiger partial charge in [0.1, 0.15) is 5.75 Å². The molecule has 0 aliphatic carbocycles. The van der Waals surface area contributed by atoms with Crippen molar-refractivity contribution in [2.24, 2.45) is 5.92 Å². The molecule has 1 heteroatoms. The number of hydrogen-bond acceptors (Lipinski definition) is 1. The monoisotopic (exact) mass is 240 g/mol. The quantitative estimate of drug-likeness (QED) is 0.825. The topological polar surface area (TPSA) is 20.2 Å². The van der Waals surface area contributed by atoms with Gasteiger partial charge in [-0.25, -0.2) is 0 Å². The zero-order valence-electron chi connectivity index (χ0n) is 11.1. The van der Waals surface area contributed by atoms with Gasteiger partial charge in [0.25, 0.3) is 0 Å². The molecule has 2 aromatic carbocycles. The van der Waals surface area contributed by atoms with E-state index in [0.29, 0.717) is 5.75 Å². The Morgan fingerprint density at radius 1 is 0.889 bits per heavy atom. The fraction of sp³-hybridized carbons (Fsp3) is 0.294. The Morgan fingerprint density at radius 2 is 1.39 bits per heavy atom. The molecule has 2 rings (SSSR count). The highest BCUT2D eigenvalue weighted by Gasteiger charge is 2.02. The van der Waals surface area contributed by atoms with Gasteiger partial charge in [-0.05, 0) is 41.2 Å². The summed E-state index contributed by atoms with van der Waals surface area (Å²) in [6.45, 7) is 4.52. The third-order valence-corrected chi connectivity index (χ3v) is 3.44. The van der Waals surface area contributed by atoms with Crippen molar-refractivity contribution in [3.63, 3.8) is 0 Å². The van der Waals surface area contributed by atoms with Gasteiger partial charge < -0.3 is 5.11 Å². The molecule has 1 nitrogen and oxygen atoms in total.